The third-order valence-electron chi connectivity index (χ3n) is 1.91. The number of aliphatic hydroxyl groups is 1. The van der Waals surface area contributed by atoms with Gasteiger partial charge in [-0.3, -0.25) is 4.90 Å². The summed E-state index contributed by atoms with van der Waals surface area (Å²) < 4.78 is 5.17. The van der Waals surface area contributed by atoms with Crippen molar-refractivity contribution in [3.8, 4) is 5.75 Å². The van der Waals surface area contributed by atoms with Gasteiger partial charge in [-0.05, 0) is 24.3 Å². The number of hydrogen-bond acceptors (Lipinski definition) is 3. The molecule has 0 aliphatic heterocycles. The van der Waals surface area contributed by atoms with E-state index >= 15 is 0 Å². The lowest BCUT2D eigenvalue weighted by Gasteiger charge is -2.14. The summed E-state index contributed by atoms with van der Waals surface area (Å²) in [4.78, 5) is 12.2. The Morgan fingerprint density at radius 2 is 2.07 bits per heavy atom. The third kappa shape index (κ3) is 3.14. The summed E-state index contributed by atoms with van der Waals surface area (Å²) in [5, 5.41) is 8.55. The quantitative estimate of drug-likeness (QED) is 0.763. The highest BCUT2D eigenvalue weighted by Gasteiger charge is 2.05. The van der Waals surface area contributed by atoms with Crippen LogP contribution in [0.2, 0.25) is 0 Å². The van der Waals surface area contributed by atoms with E-state index < -0.39 is 6.03 Å². The van der Waals surface area contributed by atoms with Crippen molar-refractivity contribution >= 4 is 11.7 Å². The maximum absolute atomic E-state index is 10.8. The molecule has 1 aromatic carbocycles. The van der Waals surface area contributed by atoms with Crippen molar-refractivity contribution in [3.63, 3.8) is 0 Å². The Labute approximate surface area is 88.1 Å². The van der Waals surface area contributed by atoms with Crippen LogP contribution in [0.5, 0.6) is 5.75 Å². The number of urea groups is 1. The van der Waals surface area contributed by atoms with E-state index in [1.165, 1.54) is 4.90 Å². The second-order valence-corrected chi connectivity index (χ2v) is 2.96. The molecule has 15 heavy (non-hydrogen) atoms. The highest BCUT2D eigenvalue weighted by molar-refractivity contribution is 5.89. The molecular formula is C10H14N2O3. The van der Waals surface area contributed by atoms with Gasteiger partial charge in [0.25, 0.3) is 0 Å². The zero-order valence-corrected chi connectivity index (χ0v) is 8.51. The van der Waals surface area contributed by atoms with Crippen molar-refractivity contribution in [3.05, 3.63) is 24.3 Å². The van der Waals surface area contributed by atoms with Crippen LogP contribution >= 0.6 is 0 Å². The molecule has 0 aromatic heterocycles. The Balaban J connectivity index is 2.67. The molecule has 0 fully saturated rings. The lowest BCUT2D eigenvalue weighted by molar-refractivity contribution is 0.201. The number of rotatable bonds is 4. The Morgan fingerprint density at radius 3 is 2.53 bits per heavy atom. The maximum atomic E-state index is 10.8. The zero-order valence-electron chi connectivity index (χ0n) is 8.51. The predicted molar refractivity (Wildman–Crippen MR) is 57.0 cm³/mol. The van der Waals surface area contributed by atoms with E-state index in [4.69, 9.17) is 15.6 Å². The standard InChI is InChI=1S/C10H14N2O3/c1-12(10(11)14)8-2-4-9(5-3-8)15-7-6-13/h2-5,13H,6-7H2,1H3,(H2,11,14). The molecule has 0 saturated carbocycles. The number of aliphatic hydroxyl groups excluding tert-OH is 1. The van der Waals surface area contributed by atoms with E-state index in [2.05, 4.69) is 0 Å². The van der Waals surface area contributed by atoms with Crippen LogP contribution in [-0.4, -0.2) is 31.4 Å². The molecule has 0 atom stereocenters. The van der Waals surface area contributed by atoms with E-state index in [1.807, 2.05) is 0 Å². The van der Waals surface area contributed by atoms with Crippen molar-refractivity contribution < 1.29 is 14.6 Å². The molecule has 1 aromatic rings. The number of carbonyl (C=O) groups excluding carboxylic acids is 1. The second-order valence-electron chi connectivity index (χ2n) is 2.96. The molecule has 0 aliphatic rings. The number of carbonyl (C=O) groups is 1. The molecule has 5 nitrogen and oxygen atoms in total. The minimum absolute atomic E-state index is 0.0249. The average molecular weight is 210 g/mol. The molecule has 0 aliphatic carbocycles. The molecular weight excluding hydrogens is 196 g/mol. The fourth-order valence-corrected chi connectivity index (χ4v) is 1.06. The largest absolute Gasteiger partial charge is 0.491 e. The summed E-state index contributed by atoms with van der Waals surface area (Å²) in [6.45, 7) is 0.230. The molecule has 0 heterocycles. The summed E-state index contributed by atoms with van der Waals surface area (Å²) >= 11 is 0. The maximum Gasteiger partial charge on any atom is 0.318 e. The minimum atomic E-state index is -0.515. The number of nitrogens with zero attached hydrogens (tertiary/aromatic N) is 1. The number of ether oxygens (including phenoxy) is 1. The minimum Gasteiger partial charge on any atom is -0.491 e. The summed E-state index contributed by atoms with van der Waals surface area (Å²) in [5.41, 5.74) is 5.80. The third-order valence-corrected chi connectivity index (χ3v) is 1.91. The SMILES string of the molecule is CN(C(N)=O)c1ccc(OCCO)cc1. The molecule has 0 spiro atoms. The van der Waals surface area contributed by atoms with Crippen LogP contribution in [0, 0.1) is 0 Å². The second kappa shape index (κ2) is 5.21. The molecule has 5 heteroatoms. The van der Waals surface area contributed by atoms with E-state index in [0.717, 1.165) is 0 Å². The van der Waals surface area contributed by atoms with Crippen LogP contribution in [-0.2, 0) is 0 Å². The Morgan fingerprint density at radius 1 is 1.47 bits per heavy atom. The normalized spacial score (nSPS) is 9.73. The fraction of sp³-hybridized carbons (Fsp3) is 0.300. The van der Waals surface area contributed by atoms with Crippen molar-refractivity contribution in [2.45, 2.75) is 0 Å². The molecule has 0 radical (unpaired) electrons. The van der Waals surface area contributed by atoms with Crippen molar-refractivity contribution in [2.24, 2.45) is 5.73 Å². The van der Waals surface area contributed by atoms with Crippen molar-refractivity contribution in [1.82, 2.24) is 0 Å². The lowest BCUT2D eigenvalue weighted by Crippen LogP contribution is -2.31. The highest BCUT2D eigenvalue weighted by atomic mass is 16.5. The monoisotopic (exact) mass is 210 g/mol. The van der Waals surface area contributed by atoms with Gasteiger partial charge >= 0.3 is 6.03 Å². The van der Waals surface area contributed by atoms with Crippen LogP contribution in [0.1, 0.15) is 0 Å². The van der Waals surface area contributed by atoms with Gasteiger partial charge in [-0.2, -0.15) is 0 Å². The lowest BCUT2D eigenvalue weighted by atomic mass is 10.3. The smallest absolute Gasteiger partial charge is 0.318 e. The molecule has 1 rings (SSSR count). The fourth-order valence-electron chi connectivity index (χ4n) is 1.06. The van der Waals surface area contributed by atoms with Gasteiger partial charge in [0, 0.05) is 12.7 Å². The van der Waals surface area contributed by atoms with E-state index in [-0.39, 0.29) is 13.2 Å². The van der Waals surface area contributed by atoms with Gasteiger partial charge in [-0.1, -0.05) is 0 Å². The summed E-state index contributed by atoms with van der Waals surface area (Å²) in [7, 11) is 1.59. The van der Waals surface area contributed by atoms with Crippen molar-refractivity contribution in [2.75, 3.05) is 25.2 Å². The first-order chi connectivity index (χ1) is 7.15. The van der Waals surface area contributed by atoms with Crippen LogP contribution in [0.15, 0.2) is 24.3 Å². The van der Waals surface area contributed by atoms with Gasteiger partial charge in [0.2, 0.25) is 0 Å². The van der Waals surface area contributed by atoms with E-state index in [0.29, 0.717) is 11.4 Å². The first-order valence-electron chi connectivity index (χ1n) is 4.52. The molecule has 82 valence electrons. The number of benzene rings is 1. The predicted octanol–water partition coefficient (Wildman–Crippen LogP) is 0.573. The number of hydrogen-bond donors (Lipinski definition) is 2. The summed E-state index contributed by atoms with van der Waals surface area (Å²) in [6, 6.07) is 6.35. The summed E-state index contributed by atoms with van der Waals surface area (Å²) in [6.07, 6.45) is 0. The highest BCUT2D eigenvalue weighted by Crippen LogP contribution is 2.18. The number of amides is 2. The van der Waals surface area contributed by atoms with Crippen LogP contribution in [0.3, 0.4) is 0 Å². The Hall–Kier alpha value is -1.75. The number of primary amides is 1. The van der Waals surface area contributed by atoms with Gasteiger partial charge < -0.3 is 15.6 Å². The van der Waals surface area contributed by atoms with Gasteiger partial charge in [-0.15, -0.1) is 0 Å². The molecule has 2 amide bonds. The van der Waals surface area contributed by atoms with Gasteiger partial charge in [0.05, 0.1) is 6.61 Å². The summed E-state index contributed by atoms with van der Waals surface area (Å²) in [5.74, 6) is 0.644. The Bertz CT molecular complexity index is 324. The van der Waals surface area contributed by atoms with Crippen molar-refractivity contribution in [1.29, 1.82) is 0 Å². The average Bonchev–Trinajstić information content (AvgIpc) is 2.26. The molecule has 3 N–H and O–H groups in total. The zero-order chi connectivity index (χ0) is 11.3. The van der Waals surface area contributed by atoms with E-state index in [9.17, 15) is 4.79 Å². The van der Waals surface area contributed by atoms with Gasteiger partial charge in [0.1, 0.15) is 12.4 Å². The van der Waals surface area contributed by atoms with E-state index in [1.54, 1.807) is 31.3 Å². The molecule has 0 bridgehead atoms. The van der Waals surface area contributed by atoms with Gasteiger partial charge in [0.15, 0.2) is 0 Å². The topological polar surface area (TPSA) is 75.8 Å². The number of anilines is 1. The molecule has 0 saturated heterocycles. The first kappa shape index (κ1) is 11.3. The molecule has 0 unspecified atom stereocenters. The van der Waals surface area contributed by atoms with Crippen LogP contribution in [0.25, 0.3) is 0 Å². The Kier molecular flexibility index (Phi) is 3.93. The van der Waals surface area contributed by atoms with Crippen LogP contribution in [0.4, 0.5) is 10.5 Å². The first-order valence-corrected chi connectivity index (χ1v) is 4.52. The van der Waals surface area contributed by atoms with Gasteiger partial charge in [-0.25, -0.2) is 4.79 Å². The van der Waals surface area contributed by atoms with Crippen LogP contribution < -0.4 is 15.4 Å². The number of nitrogens with two attached hydrogens (primary N) is 1.